The number of hydrogen-bond donors (Lipinski definition) is 1. The molecule has 34 heavy (non-hydrogen) atoms. The molecule has 0 bridgehead atoms. The van der Waals surface area contributed by atoms with Gasteiger partial charge in [-0.25, -0.2) is 0 Å². The third kappa shape index (κ3) is 5.11. The molecule has 1 heterocycles. The van der Waals surface area contributed by atoms with Crippen LogP contribution >= 0.6 is 11.6 Å². The summed E-state index contributed by atoms with van der Waals surface area (Å²) in [5, 5.41) is 0.564. The van der Waals surface area contributed by atoms with Crippen molar-refractivity contribution >= 4 is 17.7 Å². The molecule has 2 N–H and O–H groups in total. The Hall–Kier alpha value is -2.89. The van der Waals surface area contributed by atoms with E-state index in [1.807, 2.05) is 44.2 Å². The number of halogens is 4. The lowest BCUT2D eigenvalue weighted by molar-refractivity contribution is -0.137. The van der Waals surface area contributed by atoms with E-state index in [0.717, 1.165) is 46.0 Å². The molecule has 0 saturated heterocycles. The van der Waals surface area contributed by atoms with Crippen molar-refractivity contribution in [1.82, 2.24) is 4.98 Å². The van der Waals surface area contributed by atoms with Crippen molar-refractivity contribution in [1.29, 1.82) is 0 Å². The second-order valence-corrected chi connectivity index (χ2v) is 9.14. The maximum atomic E-state index is 13.5. The maximum Gasteiger partial charge on any atom is 0.416 e. The molecule has 3 aromatic rings. The summed E-state index contributed by atoms with van der Waals surface area (Å²) < 4.78 is 40.6. The summed E-state index contributed by atoms with van der Waals surface area (Å²) in [6.07, 6.45) is 6.44. The number of nitrogens with zero attached hydrogens (tertiary/aromatic N) is 1. The third-order valence-electron chi connectivity index (χ3n) is 6.41. The molecular formula is C28H26ClF3N2. The van der Waals surface area contributed by atoms with Gasteiger partial charge in [0.1, 0.15) is 0 Å². The molecule has 2 atom stereocenters. The van der Waals surface area contributed by atoms with Crippen LogP contribution in [0.1, 0.15) is 50.6 Å². The predicted octanol–water partition coefficient (Wildman–Crippen LogP) is 7.20. The summed E-state index contributed by atoms with van der Waals surface area (Å²) in [5.41, 5.74) is 12.5. The topological polar surface area (TPSA) is 38.9 Å². The Labute approximate surface area is 203 Å². The van der Waals surface area contributed by atoms with Crippen LogP contribution in [-0.2, 0) is 19.0 Å². The molecule has 2 unspecified atom stereocenters. The highest BCUT2D eigenvalue weighted by atomic mass is 35.5. The highest BCUT2D eigenvalue weighted by Crippen LogP contribution is 2.37. The minimum atomic E-state index is -4.43. The van der Waals surface area contributed by atoms with Crippen molar-refractivity contribution in [3.8, 4) is 0 Å². The Kier molecular flexibility index (Phi) is 6.96. The smallest absolute Gasteiger partial charge is 0.326 e. The number of aryl methyl sites for hydroxylation is 1. The average molecular weight is 483 g/mol. The molecule has 0 saturated carbocycles. The summed E-state index contributed by atoms with van der Waals surface area (Å²) in [6.45, 7) is 3.92. The van der Waals surface area contributed by atoms with E-state index < -0.39 is 23.7 Å². The van der Waals surface area contributed by atoms with Crippen LogP contribution in [-0.4, -0.2) is 11.0 Å². The van der Waals surface area contributed by atoms with Crippen molar-refractivity contribution in [3.05, 3.63) is 117 Å². The van der Waals surface area contributed by atoms with E-state index in [1.54, 1.807) is 12.3 Å². The fourth-order valence-electron chi connectivity index (χ4n) is 4.62. The molecule has 0 spiro atoms. The molecule has 2 aromatic carbocycles. The van der Waals surface area contributed by atoms with Gasteiger partial charge in [-0.15, -0.1) is 0 Å². The van der Waals surface area contributed by atoms with E-state index in [4.69, 9.17) is 17.3 Å². The van der Waals surface area contributed by atoms with E-state index in [9.17, 15) is 13.2 Å². The van der Waals surface area contributed by atoms with Gasteiger partial charge in [0.05, 0.1) is 10.6 Å². The van der Waals surface area contributed by atoms with E-state index in [1.165, 1.54) is 12.1 Å². The van der Waals surface area contributed by atoms with Gasteiger partial charge in [0.2, 0.25) is 0 Å². The standard InChI is InChI=1S/C28H26ClF3N2/c1-17-13-22(34-16-25(17)29)15-26(33)27(20-8-6-9-21(14-20)28(30,31)32)24-12-11-19-7-4-3-5-10-23(19)18(24)2/h3-9,11-14,16,26-27H,10,15,33H2,1-2H3. The Morgan fingerprint density at radius 1 is 1.09 bits per heavy atom. The Balaban J connectivity index is 1.82. The lowest BCUT2D eigenvalue weighted by Gasteiger charge is -2.28. The van der Waals surface area contributed by atoms with E-state index in [2.05, 4.69) is 17.1 Å². The van der Waals surface area contributed by atoms with Crippen LogP contribution in [0.25, 0.3) is 6.08 Å². The number of hydrogen-bond acceptors (Lipinski definition) is 2. The summed E-state index contributed by atoms with van der Waals surface area (Å²) in [7, 11) is 0. The summed E-state index contributed by atoms with van der Waals surface area (Å²) >= 11 is 6.12. The van der Waals surface area contributed by atoms with Crippen LogP contribution < -0.4 is 5.73 Å². The highest BCUT2D eigenvalue weighted by Gasteiger charge is 2.32. The second kappa shape index (κ2) is 9.77. The highest BCUT2D eigenvalue weighted by molar-refractivity contribution is 6.31. The van der Waals surface area contributed by atoms with Crippen molar-refractivity contribution < 1.29 is 13.2 Å². The third-order valence-corrected chi connectivity index (χ3v) is 6.80. The molecule has 0 aliphatic heterocycles. The monoisotopic (exact) mass is 482 g/mol. The normalized spacial score (nSPS) is 15.0. The maximum absolute atomic E-state index is 13.5. The second-order valence-electron chi connectivity index (χ2n) is 8.73. The lowest BCUT2D eigenvalue weighted by atomic mass is 9.79. The van der Waals surface area contributed by atoms with Crippen LogP contribution in [0.2, 0.25) is 5.02 Å². The molecule has 0 fully saturated rings. The minimum absolute atomic E-state index is 0.398. The van der Waals surface area contributed by atoms with E-state index >= 15 is 0 Å². The molecule has 1 aromatic heterocycles. The van der Waals surface area contributed by atoms with Gasteiger partial charge in [0, 0.05) is 30.3 Å². The van der Waals surface area contributed by atoms with Gasteiger partial charge >= 0.3 is 6.18 Å². The Bertz CT molecular complexity index is 1260. The zero-order valence-electron chi connectivity index (χ0n) is 19.0. The predicted molar refractivity (Wildman–Crippen MR) is 132 cm³/mol. The number of rotatable bonds is 5. The zero-order valence-corrected chi connectivity index (χ0v) is 19.8. The molecule has 1 aliphatic carbocycles. The van der Waals surface area contributed by atoms with Crippen LogP contribution in [0.15, 0.2) is 66.9 Å². The first-order valence-electron chi connectivity index (χ1n) is 11.1. The molecule has 4 rings (SSSR count). The quantitative estimate of drug-likeness (QED) is 0.417. The molecule has 2 nitrogen and oxygen atoms in total. The van der Waals surface area contributed by atoms with Crippen molar-refractivity contribution in [2.75, 3.05) is 0 Å². The first-order chi connectivity index (χ1) is 16.1. The van der Waals surface area contributed by atoms with Crippen molar-refractivity contribution in [2.45, 2.75) is 44.8 Å². The molecule has 0 amide bonds. The SMILES string of the molecule is Cc1cc(CC(N)C(c2cccc(C(F)(F)F)c2)c2ccc3c(c2C)CC=CC=C3)ncc1Cl. The number of fused-ring (bicyclic) bond motifs is 1. The number of allylic oxidation sites excluding steroid dienone is 3. The summed E-state index contributed by atoms with van der Waals surface area (Å²) in [4.78, 5) is 4.40. The first kappa shape index (κ1) is 24.2. The van der Waals surface area contributed by atoms with Gasteiger partial charge in [-0.2, -0.15) is 13.2 Å². The number of pyridine rings is 1. The largest absolute Gasteiger partial charge is 0.416 e. The van der Waals surface area contributed by atoms with E-state index in [-0.39, 0.29) is 0 Å². The van der Waals surface area contributed by atoms with E-state index in [0.29, 0.717) is 17.0 Å². The molecule has 176 valence electrons. The van der Waals surface area contributed by atoms with Gasteiger partial charge < -0.3 is 5.73 Å². The number of alkyl halides is 3. The minimum Gasteiger partial charge on any atom is -0.326 e. The first-order valence-corrected chi connectivity index (χ1v) is 11.5. The summed E-state index contributed by atoms with van der Waals surface area (Å²) in [5.74, 6) is -0.443. The number of benzene rings is 2. The molecule has 6 heteroatoms. The summed E-state index contributed by atoms with van der Waals surface area (Å²) in [6, 6.07) is 10.9. The lowest BCUT2D eigenvalue weighted by Crippen LogP contribution is -2.32. The molecule has 0 radical (unpaired) electrons. The fraction of sp³-hybridized carbons (Fsp3) is 0.250. The Morgan fingerprint density at radius 2 is 1.88 bits per heavy atom. The average Bonchev–Trinajstić information content (AvgIpc) is 3.04. The van der Waals surface area contributed by atoms with Crippen LogP contribution in [0.4, 0.5) is 13.2 Å². The van der Waals surface area contributed by atoms with Gasteiger partial charge in [0.15, 0.2) is 0 Å². The van der Waals surface area contributed by atoms with Gasteiger partial charge in [-0.1, -0.05) is 66.2 Å². The van der Waals surface area contributed by atoms with Crippen LogP contribution in [0, 0.1) is 13.8 Å². The van der Waals surface area contributed by atoms with Crippen LogP contribution in [0.3, 0.4) is 0 Å². The Morgan fingerprint density at radius 3 is 2.62 bits per heavy atom. The van der Waals surface area contributed by atoms with Crippen molar-refractivity contribution in [2.24, 2.45) is 5.73 Å². The van der Waals surface area contributed by atoms with Crippen LogP contribution in [0.5, 0.6) is 0 Å². The number of nitrogens with two attached hydrogens (primary N) is 1. The zero-order chi connectivity index (χ0) is 24.5. The number of aromatic nitrogens is 1. The van der Waals surface area contributed by atoms with Crippen molar-refractivity contribution in [3.63, 3.8) is 0 Å². The molecular weight excluding hydrogens is 457 g/mol. The fourth-order valence-corrected chi connectivity index (χ4v) is 4.72. The van der Waals surface area contributed by atoms with Gasteiger partial charge in [-0.05, 0) is 65.8 Å². The van der Waals surface area contributed by atoms with Gasteiger partial charge in [0.25, 0.3) is 0 Å². The molecule has 1 aliphatic rings. The van der Waals surface area contributed by atoms with Gasteiger partial charge in [-0.3, -0.25) is 4.98 Å².